The van der Waals surface area contributed by atoms with Gasteiger partial charge >= 0.3 is 5.69 Å². The second-order valence-corrected chi connectivity index (χ2v) is 3.71. The van der Waals surface area contributed by atoms with Crippen molar-refractivity contribution in [2.45, 2.75) is 6.42 Å². The number of ether oxygens (including phenoxy) is 1. The topological polar surface area (TPSA) is 77.3 Å². The van der Waals surface area contributed by atoms with Gasteiger partial charge in [-0.2, -0.15) is 12.6 Å². The molecule has 0 aliphatic rings. The lowest BCUT2D eigenvalue weighted by Gasteiger charge is -2.05. The van der Waals surface area contributed by atoms with E-state index in [1.807, 2.05) is 0 Å². The molecule has 0 fully saturated rings. The molecule has 1 N–H and O–H groups in total. The number of hydrogen-bond donors (Lipinski definition) is 2. The fourth-order valence-electron chi connectivity index (χ4n) is 1.20. The normalized spacial score (nSPS) is 10.2. The van der Waals surface area contributed by atoms with Crippen molar-refractivity contribution >= 4 is 18.3 Å². The van der Waals surface area contributed by atoms with E-state index in [0.29, 0.717) is 6.61 Å². The zero-order chi connectivity index (χ0) is 12.5. The van der Waals surface area contributed by atoms with Crippen LogP contribution in [0.4, 0.5) is 5.69 Å². The highest BCUT2D eigenvalue weighted by atomic mass is 32.1. The maximum Gasteiger partial charge on any atom is 0.330 e. The lowest BCUT2D eigenvalue weighted by Crippen LogP contribution is -2.19. The molecule has 94 valence electrons. The first-order chi connectivity index (χ1) is 8.25. The summed E-state index contributed by atoms with van der Waals surface area (Å²) >= 11 is 4.06. The van der Waals surface area contributed by atoms with Crippen LogP contribution in [0.5, 0.6) is 5.88 Å². The Hall–Kier alpha value is -1.34. The van der Waals surface area contributed by atoms with E-state index in [1.165, 1.54) is 18.3 Å². The minimum absolute atomic E-state index is 0.0756. The van der Waals surface area contributed by atoms with Gasteiger partial charge in [0, 0.05) is 24.6 Å². The molecular weight excluding hydrogens is 242 g/mol. The van der Waals surface area contributed by atoms with Gasteiger partial charge in [0.15, 0.2) is 0 Å². The first kappa shape index (κ1) is 13.7. The van der Waals surface area contributed by atoms with E-state index in [4.69, 9.17) is 4.74 Å². The molecule has 0 unspecified atom stereocenters. The van der Waals surface area contributed by atoms with Crippen molar-refractivity contribution in [3.05, 3.63) is 28.4 Å². The van der Waals surface area contributed by atoms with Crippen molar-refractivity contribution in [1.29, 1.82) is 0 Å². The first-order valence-corrected chi connectivity index (χ1v) is 5.92. The summed E-state index contributed by atoms with van der Waals surface area (Å²) in [5, 5.41) is 13.8. The van der Waals surface area contributed by atoms with Gasteiger partial charge in [-0.15, -0.1) is 0 Å². The van der Waals surface area contributed by atoms with Crippen LogP contribution in [0.2, 0.25) is 0 Å². The molecule has 17 heavy (non-hydrogen) atoms. The van der Waals surface area contributed by atoms with Gasteiger partial charge in [0.2, 0.25) is 0 Å². The Morgan fingerprint density at radius 2 is 2.35 bits per heavy atom. The van der Waals surface area contributed by atoms with Crippen LogP contribution in [0, 0.1) is 10.1 Å². The molecule has 1 aromatic heterocycles. The van der Waals surface area contributed by atoms with Gasteiger partial charge in [-0.1, -0.05) is 0 Å². The molecule has 0 saturated heterocycles. The summed E-state index contributed by atoms with van der Waals surface area (Å²) in [6.07, 6.45) is 2.24. The van der Waals surface area contributed by atoms with Gasteiger partial charge in [-0.25, -0.2) is 4.98 Å². The molecule has 0 spiro atoms. The van der Waals surface area contributed by atoms with Gasteiger partial charge in [0.25, 0.3) is 5.88 Å². The number of aromatic nitrogens is 1. The Labute approximate surface area is 105 Å². The SMILES string of the molecule is O=[N+]([O-])c1cccnc1OCCCNCCS. The second-order valence-electron chi connectivity index (χ2n) is 3.26. The summed E-state index contributed by atoms with van der Waals surface area (Å²) in [6, 6.07) is 2.89. The van der Waals surface area contributed by atoms with Gasteiger partial charge in [-0.05, 0) is 19.0 Å². The summed E-state index contributed by atoms with van der Waals surface area (Å²) in [5.41, 5.74) is -0.101. The summed E-state index contributed by atoms with van der Waals surface area (Å²) in [5.74, 6) is 0.860. The van der Waals surface area contributed by atoms with Crippen molar-refractivity contribution in [1.82, 2.24) is 10.3 Å². The van der Waals surface area contributed by atoms with Crippen molar-refractivity contribution in [2.75, 3.05) is 25.4 Å². The molecule has 1 rings (SSSR count). The van der Waals surface area contributed by atoms with Crippen molar-refractivity contribution in [3.63, 3.8) is 0 Å². The maximum atomic E-state index is 10.7. The molecule has 6 nitrogen and oxygen atoms in total. The third-order valence-corrected chi connectivity index (χ3v) is 2.20. The molecular formula is C10H15N3O3S. The molecule has 0 aliphatic carbocycles. The summed E-state index contributed by atoms with van der Waals surface area (Å²) in [4.78, 5) is 14.0. The van der Waals surface area contributed by atoms with Crippen molar-refractivity contribution < 1.29 is 9.66 Å². The molecule has 0 radical (unpaired) electrons. The van der Waals surface area contributed by atoms with E-state index in [9.17, 15) is 10.1 Å². The van der Waals surface area contributed by atoms with Gasteiger partial charge < -0.3 is 10.1 Å². The fraction of sp³-hybridized carbons (Fsp3) is 0.500. The quantitative estimate of drug-likeness (QED) is 0.317. The molecule has 0 aliphatic heterocycles. The highest BCUT2D eigenvalue weighted by molar-refractivity contribution is 7.80. The third kappa shape index (κ3) is 5.01. The van der Waals surface area contributed by atoms with Crippen LogP contribution in [0.15, 0.2) is 18.3 Å². The van der Waals surface area contributed by atoms with E-state index in [0.717, 1.165) is 25.3 Å². The molecule has 0 bridgehead atoms. The smallest absolute Gasteiger partial charge is 0.330 e. The monoisotopic (exact) mass is 257 g/mol. The van der Waals surface area contributed by atoms with E-state index in [-0.39, 0.29) is 11.6 Å². The Kier molecular flexibility index (Phi) is 6.34. The molecule has 0 saturated carbocycles. The number of nitrogens with zero attached hydrogens (tertiary/aromatic N) is 2. The molecule has 1 heterocycles. The molecule has 0 amide bonds. The molecule has 0 aromatic carbocycles. The van der Waals surface area contributed by atoms with E-state index < -0.39 is 4.92 Å². The zero-order valence-electron chi connectivity index (χ0n) is 9.33. The Morgan fingerprint density at radius 1 is 1.53 bits per heavy atom. The number of rotatable bonds is 8. The molecule has 1 aromatic rings. The van der Waals surface area contributed by atoms with Crippen LogP contribution in [-0.2, 0) is 0 Å². The summed E-state index contributed by atoms with van der Waals surface area (Å²) in [7, 11) is 0. The highest BCUT2D eigenvalue weighted by Crippen LogP contribution is 2.22. The van der Waals surface area contributed by atoms with Crippen LogP contribution in [0.25, 0.3) is 0 Å². The van der Waals surface area contributed by atoms with Crippen LogP contribution < -0.4 is 10.1 Å². The third-order valence-electron chi connectivity index (χ3n) is 1.97. The Bertz CT molecular complexity index is 362. The van der Waals surface area contributed by atoms with E-state index >= 15 is 0 Å². The van der Waals surface area contributed by atoms with E-state index in [1.54, 1.807) is 0 Å². The van der Waals surface area contributed by atoms with Crippen LogP contribution in [0.3, 0.4) is 0 Å². The number of nitro groups is 1. The van der Waals surface area contributed by atoms with Crippen molar-refractivity contribution in [3.8, 4) is 5.88 Å². The Balaban J connectivity index is 2.34. The largest absolute Gasteiger partial charge is 0.473 e. The van der Waals surface area contributed by atoms with Gasteiger partial charge in [0.1, 0.15) is 0 Å². The fourth-order valence-corrected chi connectivity index (χ4v) is 1.36. The number of nitrogens with one attached hydrogen (secondary N) is 1. The average molecular weight is 257 g/mol. The van der Waals surface area contributed by atoms with Gasteiger partial charge in [-0.3, -0.25) is 10.1 Å². The summed E-state index contributed by atoms with van der Waals surface area (Å²) < 4.78 is 5.27. The Morgan fingerprint density at radius 3 is 3.06 bits per heavy atom. The zero-order valence-corrected chi connectivity index (χ0v) is 10.2. The number of pyridine rings is 1. The van der Waals surface area contributed by atoms with E-state index in [2.05, 4.69) is 22.9 Å². The number of thiol groups is 1. The molecule has 0 atom stereocenters. The number of hydrogen-bond acceptors (Lipinski definition) is 6. The predicted octanol–water partition coefficient (Wildman–Crippen LogP) is 1.28. The van der Waals surface area contributed by atoms with Crippen LogP contribution >= 0.6 is 12.6 Å². The first-order valence-electron chi connectivity index (χ1n) is 5.29. The maximum absolute atomic E-state index is 10.7. The summed E-state index contributed by atoms with van der Waals surface area (Å²) in [6.45, 7) is 2.03. The minimum Gasteiger partial charge on any atom is -0.473 e. The predicted molar refractivity (Wildman–Crippen MR) is 67.7 cm³/mol. The lowest BCUT2D eigenvalue weighted by atomic mass is 10.4. The van der Waals surface area contributed by atoms with Gasteiger partial charge in [0.05, 0.1) is 11.5 Å². The minimum atomic E-state index is -0.499. The van der Waals surface area contributed by atoms with Crippen LogP contribution in [0.1, 0.15) is 6.42 Å². The van der Waals surface area contributed by atoms with Crippen LogP contribution in [-0.4, -0.2) is 35.4 Å². The van der Waals surface area contributed by atoms with Crippen molar-refractivity contribution in [2.24, 2.45) is 0 Å². The standard InChI is InChI=1S/C10H15N3O3S/c14-13(15)9-3-1-5-12-10(9)16-7-2-4-11-6-8-17/h1,3,5,11,17H,2,4,6-8H2. The second kappa shape index (κ2) is 7.86. The average Bonchev–Trinajstić information content (AvgIpc) is 2.34. The molecule has 7 heteroatoms. The lowest BCUT2D eigenvalue weighted by molar-refractivity contribution is -0.386. The highest BCUT2D eigenvalue weighted by Gasteiger charge is 2.14.